The van der Waals surface area contributed by atoms with Crippen LogP contribution < -0.4 is 14.8 Å². The summed E-state index contributed by atoms with van der Waals surface area (Å²) in [7, 11) is 1.53. The minimum atomic E-state index is -1.15. The van der Waals surface area contributed by atoms with Gasteiger partial charge in [0.2, 0.25) is 6.10 Å². The summed E-state index contributed by atoms with van der Waals surface area (Å²) in [5.41, 5.74) is 3.14. The first-order valence-corrected chi connectivity index (χ1v) is 10.2. The molecule has 1 amide bonds. The fourth-order valence-corrected chi connectivity index (χ4v) is 3.44. The minimum Gasteiger partial charge on any atom is -0.495 e. The van der Waals surface area contributed by atoms with E-state index in [4.69, 9.17) is 14.2 Å². The van der Waals surface area contributed by atoms with Crippen molar-refractivity contribution in [3.8, 4) is 11.5 Å². The number of aryl methyl sites for hydroxylation is 1. The van der Waals surface area contributed by atoms with Crippen molar-refractivity contribution in [2.75, 3.05) is 19.0 Å². The summed E-state index contributed by atoms with van der Waals surface area (Å²) < 4.78 is 16.7. The first-order chi connectivity index (χ1) is 15.5. The molecule has 0 saturated heterocycles. The molecule has 0 fully saturated rings. The zero-order valence-electron chi connectivity index (χ0n) is 17.8. The molecule has 1 unspecified atom stereocenters. The second-order valence-corrected chi connectivity index (χ2v) is 7.39. The van der Waals surface area contributed by atoms with E-state index in [0.29, 0.717) is 28.3 Å². The fraction of sp³-hybridized carbons (Fsp3) is 0.154. The molecule has 3 aromatic rings. The van der Waals surface area contributed by atoms with Crippen LogP contribution in [-0.4, -0.2) is 25.6 Å². The van der Waals surface area contributed by atoms with E-state index in [1.165, 1.54) is 7.11 Å². The summed E-state index contributed by atoms with van der Waals surface area (Å²) in [6, 6.07) is 21.8. The number of hydrogen-bond donors (Lipinski definition) is 1. The van der Waals surface area contributed by atoms with Crippen molar-refractivity contribution in [2.24, 2.45) is 0 Å². The summed E-state index contributed by atoms with van der Waals surface area (Å²) in [5, 5.41) is 2.83. The molecule has 162 valence electrons. The second kappa shape index (κ2) is 9.39. The van der Waals surface area contributed by atoms with Crippen molar-refractivity contribution in [3.05, 3.63) is 95.1 Å². The van der Waals surface area contributed by atoms with Crippen LogP contribution in [-0.2, 0) is 14.3 Å². The van der Waals surface area contributed by atoms with Crippen LogP contribution >= 0.6 is 0 Å². The molecule has 3 aromatic carbocycles. The number of para-hydroxylation sites is 1. The van der Waals surface area contributed by atoms with Crippen LogP contribution in [0.1, 0.15) is 22.8 Å². The van der Waals surface area contributed by atoms with Crippen LogP contribution in [0.2, 0.25) is 0 Å². The Balaban J connectivity index is 1.59. The van der Waals surface area contributed by atoms with Crippen molar-refractivity contribution in [1.82, 2.24) is 0 Å². The maximum Gasteiger partial charge on any atom is 0.338 e. The van der Waals surface area contributed by atoms with Crippen molar-refractivity contribution >= 4 is 23.6 Å². The number of nitrogens with one attached hydrogen (secondary N) is 1. The molecular weight excluding hydrogens is 406 g/mol. The highest BCUT2D eigenvalue weighted by Crippen LogP contribution is 2.30. The van der Waals surface area contributed by atoms with E-state index < -0.39 is 18.0 Å². The van der Waals surface area contributed by atoms with Crippen molar-refractivity contribution < 1.29 is 23.8 Å². The van der Waals surface area contributed by atoms with Gasteiger partial charge in [-0.05, 0) is 36.8 Å². The quantitative estimate of drug-likeness (QED) is 0.575. The Kier molecular flexibility index (Phi) is 6.22. The van der Waals surface area contributed by atoms with Gasteiger partial charge in [0, 0.05) is 11.1 Å². The topological polar surface area (TPSA) is 73.9 Å². The van der Waals surface area contributed by atoms with E-state index in [2.05, 4.69) is 5.32 Å². The standard InChI is InChI=1S/C26H23NO5/c1-17-12-13-23(30-2)21(14-17)27-25(28)24(18-8-4-3-5-9-18)32-26(29)20-15-19-10-6-7-11-22(19)31-16-20/h3-15,24H,16H2,1-2H3,(H,27,28). The van der Waals surface area contributed by atoms with Crippen LogP contribution in [0.4, 0.5) is 5.69 Å². The van der Waals surface area contributed by atoms with E-state index in [9.17, 15) is 9.59 Å². The molecule has 1 aliphatic heterocycles. The maximum absolute atomic E-state index is 13.2. The molecule has 1 heterocycles. The Morgan fingerprint density at radius 3 is 2.53 bits per heavy atom. The van der Waals surface area contributed by atoms with E-state index in [-0.39, 0.29) is 6.61 Å². The van der Waals surface area contributed by atoms with Gasteiger partial charge < -0.3 is 19.5 Å². The molecular formula is C26H23NO5. The molecule has 1 aliphatic rings. The third-order valence-electron chi connectivity index (χ3n) is 5.07. The number of methoxy groups -OCH3 is 1. The highest BCUT2D eigenvalue weighted by molar-refractivity contribution is 6.00. The summed E-state index contributed by atoms with van der Waals surface area (Å²) in [4.78, 5) is 26.2. The Hall–Kier alpha value is -4.06. The summed E-state index contributed by atoms with van der Waals surface area (Å²) in [5.74, 6) is 0.126. The number of carbonyl (C=O) groups excluding carboxylic acids is 2. The van der Waals surface area contributed by atoms with Gasteiger partial charge in [-0.3, -0.25) is 4.79 Å². The molecule has 0 radical (unpaired) electrons. The van der Waals surface area contributed by atoms with Crippen LogP contribution in [0.15, 0.2) is 78.4 Å². The van der Waals surface area contributed by atoms with Gasteiger partial charge in [-0.2, -0.15) is 0 Å². The van der Waals surface area contributed by atoms with Crippen LogP contribution in [0.3, 0.4) is 0 Å². The maximum atomic E-state index is 13.2. The SMILES string of the molecule is COc1ccc(C)cc1NC(=O)C(OC(=O)C1=Cc2ccccc2OC1)c1ccccc1. The number of carbonyl (C=O) groups is 2. The van der Waals surface area contributed by atoms with E-state index in [1.807, 2.05) is 43.3 Å². The van der Waals surface area contributed by atoms with Gasteiger partial charge in [-0.25, -0.2) is 4.79 Å². The highest BCUT2D eigenvalue weighted by Gasteiger charge is 2.28. The lowest BCUT2D eigenvalue weighted by Crippen LogP contribution is -2.28. The van der Waals surface area contributed by atoms with E-state index in [1.54, 1.807) is 42.5 Å². The van der Waals surface area contributed by atoms with Gasteiger partial charge in [0.1, 0.15) is 18.1 Å². The third kappa shape index (κ3) is 4.64. The highest BCUT2D eigenvalue weighted by atomic mass is 16.6. The zero-order valence-corrected chi connectivity index (χ0v) is 17.8. The van der Waals surface area contributed by atoms with Crippen molar-refractivity contribution in [3.63, 3.8) is 0 Å². The average Bonchev–Trinajstić information content (AvgIpc) is 2.82. The number of hydrogen-bond acceptors (Lipinski definition) is 5. The van der Waals surface area contributed by atoms with Gasteiger partial charge in [0.25, 0.3) is 5.91 Å². The summed E-state index contributed by atoms with van der Waals surface area (Å²) >= 11 is 0. The molecule has 0 aromatic heterocycles. The lowest BCUT2D eigenvalue weighted by atomic mass is 10.1. The monoisotopic (exact) mass is 429 g/mol. The van der Waals surface area contributed by atoms with E-state index >= 15 is 0 Å². The third-order valence-corrected chi connectivity index (χ3v) is 5.07. The smallest absolute Gasteiger partial charge is 0.338 e. The second-order valence-electron chi connectivity index (χ2n) is 7.39. The first-order valence-electron chi connectivity index (χ1n) is 10.2. The predicted octanol–water partition coefficient (Wildman–Crippen LogP) is 4.70. The van der Waals surface area contributed by atoms with Crippen LogP contribution in [0, 0.1) is 6.92 Å². The number of ether oxygens (including phenoxy) is 3. The number of anilines is 1. The Morgan fingerprint density at radius 1 is 1.00 bits per heavy atom. The van der Waals surface area contributed by atoms with Gasteiger partial charge in [-0.1, -0.05) is 54.6 Å². The normalized spacial score (nSPS) is 13.1. The van der Waals surface area contributed by atoms with Gasteiger partial charge in [0.05, 0.1) is 18.4 Å². The predicted molar refractivity (Wildman–Crippen MR) is 122 cm³/mol. The molecule has 0 aliphatic carbocycles. The molecule has 0 bridgehead atoms. The summed E-state index contributed by atoms with van der Waals surface area (Å²) in [6.45, 7) is 1.99. The van der Waals surface area contributed by atoms with Gasteiger partial charge >= 0.3 is 5.97 Å². The van der Waals surface area contributed by atoms with Crippen molar-refractivity contribution in [2.45, 2.75) is 13.0 Å². The number of fused-ring (bicyclic) bond motifs is 1. The molecule has 0 saturated carbocycles. The van der Waals surface area contributed by atoms with Crippen molar-refractivity contribution in [1.29, 1.82) is 0 Å². The average molecular weight is 429 g/mol. The molecule has 32 heavy (non-hydrogen) atoms. The van der Waals surface area contributed by atoms with E-state index in [0.717, 1.165) is 11.1 Å². The van der Waals surface area contributed by atoms with Gasteiger partial charge in [0.15, 0.2) is 0 Å². The minimum absolute atomic E-state index is 0.0741. The molecule has 1 atom stereocenters. The molecule has 0 spiro atoms. The Morgan fingerprint density at radius 2 is 1.75 bits per heavy atom. The first kappa shape index (κ1) is 21.2. The number of esters is 1. The number of benzene rings is 3. The molecule has 6 nitrogen and oxygen atoms in total. The largest absolute Gasteiger partial charge is 0.495 e. The molecule has 6 heteroatoms. The number of amides is 1. The number of rotatable bonds is 6. The Labute approximate surface area is 186 Å². The zero-order chi connectivity index (χ0) is 22.5. The summed E-state index contributed by atoms with van der Waals surface area (Å²) in [6.07, 6.45) is 0.581. The fourth-order valence-electron chi connectivity index (χ4n) is 3.44. The molecule has 1 N–H and O–H groups in total. The van der Waals surface area contributed by atoms with Crippen LogP contribution in [0.5, 0.6) is 11.5 Å². The van der Waals surface area contributed by atoms with Crippen LogP contribution in [0.25, 0.3) is 6.08 Å². The van der Waals surface area contributed by atoms with Gasteiger partial charge in [-0.15, -0.1) is 0 Å². The molecule has 4 rings (SSSR count). The Bertz CT molecular complexity index is 1170. The lowest BCUT2D eigenvalue weighted by Gasteiger charge is -2.21. The lowest BCUT2D eigenvalue weighted by molar-refractivity contribution is -0.151.